The van der Waals surface area contributed by atoms with Crippen molar-refractivity contribution >= 4 is 5.69 Å². The molecule has 2 atom stereocenters. The molecule has 0 bridgehead atoms. The quantitative estimate of drug-likeness (QED) is 0.926. The predicted molar refractivity (Wildman–Crippen MR) is 87.7 cm³/mol. The zero-order valence-electron chi connectivity index (χ0n) is 12.8. The summed E-state index contributed by atoms with van der Waals surface area (Å²) < 4.78 is 0. The second kappa shape index (κ2) is 5.90. The highest BCUT2D eigenvalue weighted by Crippen LogP contribution is 2.38. The Bertz CT molecular complexity index is 605. The second-order valence-electron chi connectivity index (χ2n) is 6.08. The number of aliphatic hydroxyl groups excluding tert-OH is 1. The molecule has 0 saturated heterocycles. The Labute approximate surface area is 127 Å². The van der Waals surface area contributed by atoms with Crippen molar-refractivity contribution in [2.24, 2.45) is 5.92 Å². The van der Waals surface area contributed by atoms with Gasteiger partial charge in [-0.1, -0.05) is 48.9 Å². The van der Waals surface area contributed by atoms with Crippen LogP contribution in [0.5, 0.6) is 0 Å². The number of hydrogen-bond donors (Lipinski definition) is 1. The third-order valence-electron chi connectivity index (χ3n) is 4.52. The van der Waals surface area contributed by atoms with E-state index in [9.17, 15) is 5.11 Å². The molecule has 1 N–H and O–H groups in total. The summed E-state index contributed by atoms with van der Waals surface area (Å²) >= 11 is 0. The number of nitrogens with zero attached hydrogens (tertiary/aromatic N) is 1. The summed E-state index contributed by atoms with van der Waals surface area (Å²) in [5.41, 5.74) is 5.32. The molecule has 0 aliphatic carbocycles. The van der Waals surface area contributed by atoms with E-state index in [1.807, 2.05) is 0 Å². The molecule has 2 aromatic carbocycles. The summed E-state index contributed by atoms with van der Waals surface area (Å²) in [6.45, 7) is 5.47. The molecule has 1 aliphatic rings. The van der Waals surface area contributed by atoms with E-state index in [0.717, 1.165) is 13.0 Å². The molecule has 2 nitrogen and oxygen atoms in total. The Kier molecular flexibility index (Phi) is 3.98. The van der Waals surface area contributed by atoms with Crippen molar-refractivity contribution in [1.29, 1.82) is 0 Å². The summed E-state index contributed by atoms with van der Waals surface area (Å²) in [7, 11) is 0. The molecule has 0 saturated carbocycles. The molecule has 0 aromatic heterocycles. The van der Waals surface area contributed by atoms with Gasteiger partial charge in [-0.3, -0.25) is 0 Å². The zero-order valence-corrected chi connectivity index (χ0v) is 12.8. The van der Waals surface area contributed by atoms with Crippen molar-refractivity contribution in [2.75, 3.05) is 18.1 Å². The van der Waals surface area contributed by atoms with Gasteiger partial charge < -0.3 is 10.0 Å². The molecule has 0 radical (unpaired) electrons. The van der Waals surface area contributed by atoms with Gasteiger partial charge >= 0.3 is 0 Å². The highest BCUT2D eigenvalue weighted by Gasteiger charge is 2.31. The van der Waals surface area contributed by atoms with E-state index < -0.39 is 0 Å². The number of rotatable bonds is 3. The van der Waals surface area contributed by atoms with E-state index >= 15 is 0 Å². The number of hydrogen-bond acceptors (Lipinski definition) is 2. The molecule has 1 heterocycles. The zero-order chi connectivity index (χ0) is 14.8. The number of benzene rings is 2. The predicted octanol–water partition coefficient (Wildman–Crippen LogP) is 3.73. The van der Waals surface area contributed by atoms with Crippen LogP contribution in [0.2, 0.25) is 0 Å². The van der Waals surface area contributed by atoms with Crippen LogP contribution in [-0.2, 0) is 6.42 Å². The van der Waals surface area contributed by atoms with Crippen LogP contribution in [0.25, 0.3) is 0 Å². The van der Waals surface area contributed by atoms with E-state index in [-0.39, 0.29) is 18.6 Å². The van der Waals surface area contributed by atoms with Crippen LogP contribution in [0.3, 0.4) is 0 Å². The van der Waals surface area contributed by atoms with Crippen LogP contribution in [0.4, 0.5) is 5.69 Å². The maximum absolute atomic E-state index is 9.69. The lowest BCUT2D eigenvalue weighted by Gasteiger charge is -2.42. The fourth-order valence-corrected chi connectivity index (χ4v) is 3.34. The van der Waals surface area contributed by atoms with E-state index in [2.05, 4.69) is 67.3 Å². The largest absolute Gasteiger partial charge is 0.396 e. The molecule has 2 aromatic rings. The first kappa shape index (κ1) is 14.2. The maximum Gasteiger partial charge on any atom is 0.0592 e. The topological polar surface area (TPSA) is 23.5 Å². The Balaban J connectivity index is 2.02. The fourth-order valence-electron chi connectivity index (χ4n) is 3.34. The summed E-state index contributed by atoms with van der Waals surface area (Å²) in [6.07, 6.45) is 1.07. The molecule has 2 heteroatoms. The van der Waals surface area contributed by atoms with Crippen molar-refractivity contribution in [1.82, 2.24) is 0 Å². The highest BCUT2D eigenvalue weighted by atomic mass is 16.3. The summed E-state index contributed by atoms with van der Waals surface area (Å²) in [4.78, 5) is 2.45. The van der Waals surface area contributed by atoms with Crippen LogP contribution in [-0.4, -0.2) is 18.3 Å². The number of aliphatic hydroxyl groups is 1. The van der Waals surface area contributed by atoms with Crippen LogP contribution in [0, 0.1) is 12.8 Å². The molecular weight excluding hydrogens is 258 g/mol. The Hall–Kier alpha value is -1.80. The maximum atomic E-state index is 9.69. The van der Waals surface area contributed by atoms with Gasteiger partial charge in [-0.05, 0) is 36.6 Å². The SMILES string of the molecule is Cc1ccc(N2CCc3ccccc3[C@@H]2[C@@H](C)CO)cc1. The van der Waals surface area contributed by atoms with Crippen LogP contribution in [0.1, 0.15) is 29.7 Å². The first-order chi connectivity index (χ1) is 10.2. The van der Waals surface area contributed by atoms with E-state index in [4.69, 9.17) is 0 Å². The fraction of sp³-hybridized carbons (Fsp3) is 0.368. The average molecular weight is 281 g/mol. The minimum atomic E-state index is 0.210. The van der Waals surface area contributed by atoms with Gasteiger partial charge in [0, 0.05) is 24.8 Å². The number of fused-ring (bicyclic) bond motifs is 1. The summed E-state index contributed by atoms with van der Waals surface area (Å²) in [5, 5.41) is 9.69. The Morgan fingerprint density at radius 2 is 1.86 bits per heavy atom. The minimum Gasteiger partial charge on any atom is -0.396 e. The molecule has 0 amide bonds. The molecule has 1 aliphatic heterocycles. The van der Waals surface area contributed by atoms with Gasteiger partial charge in [0.25, 0.3) is 0 Å². The van der Waals surface area contributed by atoms with Crippen molar-refractivity contribution in [3.05, 3.63) is 65.2 Å². The van der Waals surface area contributed by atoms with Crippen molar-refractivity contribution in [3.8, 4) is 0 Å². The van der Waals surface area contributed by atoms with Crippen molar-refractivity contribution < 1.29 is 5.11 Å². The lowest BCUT2D eigenvalue weighted by molar-refractivity contribution is 0.210. The standard InChI is InChI=1S/C19H23NO/c1-14-7-9-17(10-8-14)20-12-11-16-5-3-4-6-18(16)19(20)15(2)13-21/h3-10,15,19,21H,11-13H2,1-2H3/t15-,19-/m0/s1. The molecule has 0 unspecified atom stereocenters. The van der Waals surface area contributed by atoms with Gasteiger partial charge in [-0.2, -0.15) is 0 Å². The van der Waals surface area contributed by atoms with Crippen LogP contribution in [0.15, 0.2) is 48.5 Å². The average Bonchev–Trinajstić information content (AvgIpc) is 2.54. The monoisotopic (exact) mass is 281 g/mol. The molecule has 0 fully saturated rings. The van der Waals surface area contributed by atoms with Crippen LogP contribution >= 0.6 is 0 Å². The van der Waals surface area contributed by atoms with E-state index in [0.29, 0.717) is 0 Å². The van der Waals surface area contributed by atoms with Gasteiger partial charge in [-0.25, -0.2) is 0 Å². The summed E-state index contributed by atoms with van der Waals surface area (Å²) in [5.74, 6) is 0.216. The van der Waals surface area contributed by atoms with Gasteiger partial charge in [0.1, 0.15) is 0 Å². The van der Waals surface area contributed by atoms with Crippen LogP contribution < -0.4 is 4.90 Å². The van der Waals surface area contributed by atoms with Gasteiger partial charge in [-0.15, -0.1) is 0 Å². The van der Waals surface area contributed by atoms with Gasteiger partial charge in [0.05, 0.1) is 6.04 Å². The lowest BCUT2D eigenvalue weighted by Crippen LogP contribution is -2.39. The number of anilines is 1. The molecule has 110 valence electrons. The second-order valence-corrected chi connectivity index (χ2v) is 6.08. The lowest BCUT2D eigenvalue weighted by atomic mass is 9.85. The molecule has 0 spiro atoms. The Morgan fingerprint density at radius 1 is 1.14 bits per heavy atom. The molecular formula is C19H23NO. The van der Waals surface area contributed by atoms with E-state index in [1.165, 1.54) is 22.4 Å². The number of aryl methyl sites for hydroxylation is 1. The first-order valence-corrected chi connectivity index (χ1v) is 7.72. The van der Waals surface area contributed by atoms with Gasteiger partial charge in [0.15, 0.2) is 0 Å². The van der Waals surface area contributed by atoms with E-state index in [1.54, 1.807) is 0 Å². The minimum absolute atomic E-state index is 0.210. The first-order valence-electron chi connectivity index (χ1n) is 7.72. The molecule has 3 rings (SSSR count). The third kappa shape index (κ3) is 2.68. The van der Waals surface area contributed by atoms with Crippen molar-refractivity contribution in [2.45, 2.75) is 26.3 Å². The summed E-state index contributed by atoms with van der Waals surface area (Å²) in [6, 6.07) is 17.6. The highest BCUT2D eigenvalue weighted by molar-refractivity contribution is 5.53. The molecule has 21 heavy (non-hydrogen) atoms. The third-order valence-corrected chi connectivity index (χ3v) is 4.52. The Morgan fingerprint density at radius 3 is 2.57 bits per heavy atom. The van der Waals surface area contributed by atoms with Gasteiger partial charge in [0.2, 0.25) is 0 Å². The normalized spacial score (nSPS) is 19.2. The van der Waals surface area contributed by atoms with Crippen molar-refractivity contribution in [3.63, 3.8) is 0 Å². The smallest absolute Gasteiger partial charge is 0.0592 e.